The zero-order chi connectivity index (χ0) is 22.3. The third-order valence-electron chi connectivity index (χ3n) is 5.21. The number of carbonyl (C=O) groups excluding carboxylic acids is 1. The van der Waals surface area contributed by atoms with Crippen LogP contribution in [0.4, 0.5) is 17.6 Å². The van der Waals surface area contributed by atoms with Gasteiger partial charge < -0.3 is 10.1 Å². The SMILES string of the molecule is Cc1c(F)cc(C(=O)NC2CC2)cc1-c1ccc2c(O[C@@H](C)C(F)(F)F)nncc2c1. The number of carbonyl (C=O) groups is 1. The lowest BCUT2D eigenvalue weighted by Crippen LogP contribution is -2.31. The zero-order valence-corrected chi connectivity index (χ0v) is 16.8. The zero-order valence-electron chi connectivity index (χ0n) is 16.8. The molecule has 5 nitrogen and oxygen atoms in total. The molecule has 1 fully saturated rings. The molecule has 162 valence electrons. The van der Waals surface area contributed by atoms with Gasteiger partial charge in [-0.2, -0.15) is 18.3 Å². The minimum absolute atomic E-state index is 0.136. The quantitative estimate of drug-likeness (QED) is 0.578. The van der Waals surface area contributed by atoms with Gasteiger partial charge in [-0.3, -0.25) is 4.79 Å². The van der Waals surface area contributed by atoms with Crippen molar-refractivity contribution in [3.05, 3.63) is 53.5 Å². The average molecular weight is 433 g/mol. The number of fused-ring (bicyclic) bond motifs is 1. The Bertz CT molecular complexity index is 1160. The van der Waals surface area contributed by atoms with Crippen LogP contribution in [0.15, 0.2) is 36.5 Å². The minimum Gasteiger partial charge on any atom is -0.463 e. The largest absolute Gasteiger partial charge is 0.463 e. The fourth-order valence-electron chi connectivity index (χ4n) is 3.16. The third-order valence-corrected chi connectivity index (χ3v) is 5.21. The molecule has 9 heteroatoms. The van der Waals surface area contributed by atoms with Crippen LogP contribution in [0.3, 0.4) is 0 Å². The molecule has 0 spiro atoms. The Balaban J connectivity index is 1.72. The van der Waals surface area contributed by atoms with Crippen LogP contribution in [0.25, 0.3) is 21.9 Å². The van der Waals surface area contributed by atoms with E-state index in [1.165, 1.54) is 12.3 Å². The molecule has 1 aromatic heterocycles. The summed E-state index contributed by atoms with van der Waals surface area (Å²) >= 11 is 0. The summed E-state index contributed by atoms with van der Waals surface area (Å²) in [6.07, 6.45) is -3.38. The number of benzene rings is 2. The van der Waals surface area contributed by atoms with Gasteiger partial charge in [-0.1, -0.05) is 6.07 Å². The van der Waals surface area contributed by atoms with Crippen molar-refractivity contribution in [3.63, 3.8) is 0 Å². The van der Waals surface area contributed by atoms with Gasteiger partial charge in [0.2, 0.25) is 5.88 Å². The molecule has 1 heterocycles. The highest BCUT2D eigenvalue weighted by Crippen LogP contribution is 2.33. The van der Waals surface area contributed by atoms with Crippen LogP contribution in [-0.4, -0.2) is 34.4 Å². The number of nitrogens with zero attached hydrogens (tertiary/aromatic N) is 2. The van der Waals surface area contributed by atoms with Crippen molar-refractivity contribution >= 4 is 16.7 Å². The number of alkyl halides is 3. The van der Waals surface area contributed by atoms with Crippen LogP contribution < -0.4 is 10.1 Å². The standard InChI is InChI=1S/C22H19F4N3O2/c1-11-18(8-14(9-19(11)23)20(30)28-16-4-5-16)13-3-6-17-15(7-13)10-27-29-21(17)31-12(2)22(24,25)26/h3,6-10,12,16H,4-5H2,1-2H3,(H,28,30)/t12-/m0/s1. The smallest absolute Gasteiger partial charge is 0.425 e. The maximum absolute atomic E-state index is 14.5. The van der Waals surface area contributed by atoms with Gasteiger partial charge in [-0.05, 0) is 67.6 Å². The highest BCUT2D eigenvalue weighted by molar-refractivity contribution is 5.97. The molecule has 1 N–H and O–H groups in total. The molecule has 1 aliphatic rings. The number of ether oxygens (including phenoxy) is 1. The van der Waals surface area contributed by atoms with Crippen molar-refractivity contribution in [1.82, 2.24) is 15.5 Å². The first kappa shape index (κ1) is 21.0. The van der Waals surface area contributed by atoms with Gasteiger partial charge in [0, 0.05) is 22.4 Å². The van der Waals surface area contributed by atoms with E-state index < -0.39 is 18.1 Å². The topological polar surface area (TPSA) is 64.1 Å². The van der Waals surface area contributed by atoms with Crippen LogP contribution >= 0.6 is 0 Å². The Labute approximate surface area is 175 Å². The van der Waals surface area contributed by atoms with Crippen molar-refractivity contribution in [1.29, 1.82) is 0 Å². The molecule has 0 aliphatic heterocycles. The first-order valence-corrected chi connectivity index (χ1v) is 9.73. The summed E-state index contributed by atoms with van der Waals surface area (Å²) in [6.45, 7) is 2.49. The number of hydrogen-bond acceptors (Lipinski definition) is 4. The number of aromatic nitrogens is 2. The number of amides is 1. The molecular weight excluding hydrogens is 414 g/mol. The molecule has 1 saturated carbocycles. The van der Waals surface area contributed by atoms with E-state index in [1.54, 1.807) is 31.2 Å². The van der Waals surface area contributed by atoms with Crippen molar-refractivity contribution < 1.29 is 27.1 Å². The van der Waals surface area contributed by atoms with Crippen LogP contribution in [0.1, 0.15) is 35.7 Å². The highest BCUT2D eigenvalue weighted by Gasteiger charge is 2.38. The van der Waals surface area contributed by atoms with E-state index in [9.17, 15) is 22.4 Å². The van der Waals surface area contributed by atoms with Gasteiger partial charge >= 0.3 is 6.18 Å². The molecule has 0 saturated heterocycles. The fraction of sp³-hybridized carbons (Fsp3) is 0.318. The lowest BCUT2D eigenvalue weighted by atomic mass is 9.96. The summed E-state index contributed by atoms with van der Waals surface area (Å²) in [7, 11) is 0. The predicted molar refractivity (Wildman–Crippen MR) is 106 cm³/mol. The number of halogens is 4. The van der Waals surface area contributed by atoms with Gasteiger partial charge in [0.25, 0.3) is 5.91 Å². The number of nitrogens with one attached hydrogen (secondary N) is 1. The Morgan fingerprint density at radius 2 is 1.97 bits per heavy atom. The summed E-state index contributed by atoms with van der Waals surface area (Å²) in [5.41, 5.74) is 1.66. The van der Waals surface area contributed by atoms with Gasteiger partial charge in [-0.25, -0.2) is 4.39 Å². The molecule has 0 radical (unpaired) electrons. The average Bonchev–Trinajstić information content (AvgIpc) is 3.53. The molecule has 1 atom stereocenters. The van der Waals surface area contributed by atoms with Crippen LogP contribution in [0, 0.1) is 12.7 Å². The van der Waals surface area contributed by atoms with E-state index in [4.69, 9.17) is 4.74 Å². The summed E-state index contributed by atoms with van der Waals surface area (Å²) in [6, 6.07) is 7.77. The molecule has 3 aromatic rings. The van der Waals surface area contributed by atoms with E-state index in [0.29, 0.717) is 27.5 Å². The molecule has 4 rings (SSSR count). The summed E-state index contributed by atoms with van der Waals surface area (Å²) in [5.74, 6) is -1.10. The molecule has 31 heavy (non-hydrogen) atoms. The Hall–Kier alpha value is -3.23. The van der Waals surface area contributed by atoms with Gasteiger partial charge in [-0.15, -0.1) is 5.10 Å². The van der Waals surface area contributed by atoms with Crippen molar-refractivity contribution in [3.8, 4) is 17.0 Å². The molecule has 1 aliphatic carbocycles. The predicted octanol–water partition coefficient (Wildman–Crippen LogP) is 4.97. The molecular formula is C22H19F4N3O2. The van der Waals surface area contributed by atoms with Crippen molar-refractivity contribution in [2.75, 3.05) is 0 Å². The minimum atomic E-state index is -4.54. The normalized spacial score (nSPS) is 15.0. The van der Waals surface area contributed by atoms with E-state index >= 15 is 0 Å². The molecule has 2 aromatic carbocycles. The molecule has 0 bridgehead atoms. The second-order valence-corrected chi connectivity index (χ2v) is 7.63. The Morgan fingerprint density at radius 1 is 1.23 bits per heavy atom. The second kappa shape index (κ2) is 7.79. The third kappa shape index (κ3) is 4.45. The van der Waals surface area contributed by atoms with Crippen molar-refractivity contribution in [2.45, 2.75) is 45.0 Å². The van der Waals surface area contributed by atoms with E-state index in [0.717, 1.165) is 19.8 Å². The Morgan fingerprint density at radius 3 is 2.65 bits per heavy atom. The van der Waals surface area contributed by atoms with Gasteiger partial charge in [0.05, 0.1) is 6.20 Å². The summed E-state index contributed by atoms with van der Waals surface area (Å²) in [5, 5.41) is 11.1. The molecule has 1 amide bonds. The van der Waals surface area contributed by atoms with Gasteiger partial charge in [0.15, 0.2) is 6.10 Å². The first-order valence-electron chi connectivity index (χ1n) is 9.73. The lowest BCUT2D eigenvalue weighted by Gasteiger charge is -2.17. The second-order valence-electron chi connectivity index (χ2n) is 7.63. The lowest BCUT2D eigenvalue weighted by molar-refractivity contribution is -0.189. The molecule has 0 unspecified atom stereocenters. The van der Waals surface area contributed by atoms with Crippen LogP contribution in [0.5, 0.6) is 5.88 Å². The Kier molecular flexibility index (Phi) is 5.28. The summed E-state index contributed by atoms with van der Waals surface area (Å²) in [4.78, 5) is 12.4. The van der Waals surface area contributed by atoms with Gasteiger partial charge in [0.1, 0.15) is 5.82 Å². The number of rotatable bonds is 5. The highest BCUT2D eigenvalue weighted by atomic mass is 19.4. The fourth-order valence-corrected chi connectivity index (χ4v) is 3.16. The van der Waals surface area contributed by atoms with E-state index in [1.807, 2.05) is 0 Å². The number of hydrogen-bond donors (Lipinski definition) is 1. The van der Waals surface area contributed by atoms with Crippen LogP contribution in [0.2, 0.25) is 0 Å². The van der Waals surface area contributed by atoms with Crippen molar-refractivity contribution in [2.24, 2.45) is 0 Å². The maximum Gasteiger partial charge on any atom is 0.425 e. The van der Waals surface area contributed by atoms with E-state index in [2.05, 4.69) is 15.5 Å². The monoisotopic (exact) mass is 433 g/mol. The van der Waals surface area contributed by atoms with E-state index in [-0.39, 0.29) is 23.4 Å². The summed E-state index contributed by atoms with van der Waals surface area (Å²) < 4.78 is 58.0. The van der Waals surface area contributed by atoms with Crippen LogP contribution in [-0.2, 0) is 0 Å². The first-order chi connectivity index (χ1) is 14.6. The maximum atomic E-state index is 14.5.